The van der Waals surface area contributed by atoms with E-state index in [1.807, 2.05) is 5.32 Å². The molecule has 0 aliphatic carbocycles. The number of amides is 4. The van der Waals surface area contributed by atoms with Crippen LogP contribution in [0.25, 0.3) is 0 Å². The van der Waals surface area contributed by atoms with Crippen LogP contribution < -0.4 is 27.4 Å². The molecule has 0 aliphatic rings. The van der Waals surface area contributed by atoms with E-state index in [1.165, 1.54) is 6.92 Å². The second-order valence-corrected chi connectivity index (χ2v) is 6.67. The van der Waals surface area contributed by atoms with E-state index in [0.717, 1.165) is 6.92 Å². The van der Waals surface area contributed by atoms with Gasteiger partial charge in [0.05, 0.1) is 18.6 Å². The van der Waals surface area contributed by atoms with Crippen LogP contribution in [0.15, 0.2) is 0 Å². The van der Waals surface area contributed by atoms with Crippen molar-refractivity contribution in [2.24, 2.45) is 11.5 Å². The minimum Gasteiger partial charge on any atom is -0.480 e. The lowest BCUT2D eigenvalue weighted by Crippen LogP contribution is -2.59. The number of carboxylic acid groups (broad SMARTS) is 1. The van der Waals surface area contributed by atoms with Gasteiger partial charge in [0.1, 0.15) is 18.1 Å². The zero-order chi connectivity index (χ0) is 22.9. The first-order chi connectivity index (χ1) is 13.3. The molecule has 0 spiro atoms. The number of hydrogen-bond acceptors (Lipinski definition) is 9. The predicted octanol–water partition coefficient (Wildman–Crippen LogP) is -4.58. The Balaban J connectivity index is 5.27. The van der Waals surface area contributed by atoms with Gasteiger partial charge in [0.2, 0.25) is 23.6 Å². The van der Waals surface area contributed by atoms with Crippen molar-refractivity contribution in [3.8, 4) is 0 Å². The number of aliphatic hydroxyl groups excluding tert-OH is 2. The van der Waals surface area contributed by atoms with Crippen LogP contribution in [-0.2, 0) is 24.0 Å². The van der Waals surface area contributed by atoms with Crippen molar-refractivity contribution in [2.75, 3.05) is 5.75 Å². The maximum atomic E-state index is 12.4. The van der Waals surface area contributed by atoms with E-state index in [2.05, 4.69) is 23.3 Å². The van der Waals surface area contributed by atoms with Gasteiger partial charge in [-0.2, -0.15) is 12.6 Å². The first-order valence-corrected chi connectivity index (χ1v) is 9.09. The van der Waals surface area contributed by atoms with Crippen LogP contribution in [0.5, 0.6) is 0 Å². The maximum Gasteiger partial charge on any atom is 0.328 e. The standard InChI is InChI=1S/C15H27N5O8S/c1-5(21)10(17)14(26)18-7(3-9(16)23)12(24)19-8(4-29)13(25)20-11(6(2)22)15(27)28/h5-8,10-11,21-22,29H,3-4,17H2,1-2H3,(H2,16,23)(H,18,26)(H,19,24)(H,20,25)(H,27,28). The zero-order valence-electron chi connectivity index (χ0n) is 15.9. The van der Waals surface area contributed by atoms with Crippen LogP contribution in [0.1, 0.15) is 20.3 Å². The molecular formula is C15H27N5O8S. The van der Waals surface area contributed by atoms with Gasteiger partial charge in [-0.25, -0.2) is 4.79 Å². The molecule has 0 radical (unpaired) electrons. The van der Waals surface area contributed by atoms with Gasteiger partial charge in [-0.1, -0.05) is 0 Å². The second-order valence-electron chi connectivity index (χ2n) is 6.31. The Labute approximate surface area is 172 Å². The number of aliphatic carboxylic acids is 1. The average molecular weight is 437 g/mol. The zero-order valence-corrected chi connectivity index (χ0v) is 16.8. The summed E-state index contributed by atoms with van der Waals surface area (Å²) in [4.78, 5) is 58.9. The van der Waals surface area contributed by atoms with E-state index in [-0.39, 0.29) is 5.75 Å². The topological polar surface area (TPSA) is 234 Å². The maximum absolute atomic E-state index is 12.4. The minimum absolute atomic E-state index is 0.270. The van der Waals surface area contributed by atoms with Gasteiger partial charge in [-0.3, -0.25) is 19.2 Å². The smallest absolute Gasteiger partial charge is 0.328 e. The summed E-state index contributed by atoms with van der Waals surface area (Å²) in [5, 5.41) is 34.2. The number of carboxylic acids is 1. The molecular weight excluding hydrogens is 410 g/mol. The number of aliphatic hydroxyl groups is 2. The average Bonchev–Trinajstić information content (AvgIpc) is 2.61. The minimum atomic E-state index is -1.63. The number of rotatable bonds is 12. The first-order valence-electron chi connectivity index (χ1n) is 8.46. The largest absolute Gasteiger partial charge is 0.480 e. The number of thiol groups is 1. The molecule has 13 nitrogen and oxygen atoms in total. The fraction of sp³-hybridized carbons (Fsp3) is 0.667. The van der Waals surface area contributed by atoms with Crippen LogP contribution >= 0.6 is 12.6 Å². The number of hydrogen-bond donors (Lipinski definition) is 9. The third-order valence-corrected chi connectivity index (χ3v) is 4.09. The SMILES string of the molecule is CC(O)C(N)C(=O)NC(CC(N)=O)C(=O)NC(CS)C(=O)NC(C(=O)O)C(C)O. The number of primary amides is 1. The molecule has 10 N–H and O–H groups in total. The van der Waals surface area contributed by atoms with Crippen molar-refractivity contribution >= 4 is 42.2 Å². The molecule has 0 fully saturated rings. The third-order valence-electron chi connectivity index (χ3n) is 3.72. The highest BCUT2D eigenvalue weighted by molar-refractivity contribution is 7.80. The summed E-state index contributed by atoms with van der Waals surface area (Å²) in [6.45, 7) is 2.40. The summed E-state index contributed by atoms with van der Waals surface area (Å²) in [5.74, 6) is -5.60. The molecule has 166 valence electrons. The highest BCUT2D eigenvalue weighted by atomic mass is 32.1. The van der Waals surface area contributed by atoms with Crippen molar-refractivity contribution in [1.82, 2.24) is 16.0 Å². The fourth-order valence-electron chi connectivity index (χ4n) is 2.01. The van der Waals surface area contributed by atoms with Crippen LogP contribution in [0.3, 0.4) is 0 Å². The first kappa shape index (κ1) is 26.6. The summed E-state index contributed by atoms with van der Waals surface area (Å²) >= 11 is 3.91. The third kappa shape index (κ3) is 9.08. The molecule has 0 saturated heterocycles. The van der Waals surface area contributed by atoms with Crippen LogP contribution in [0, 0.1) is 0 Å². The van der Waals surface area contributed by atoms with Crippen molar-refractivity contribution in [1.29, 1.82) is 0 Å². The Morgan fingerprint density at radius 2 is 1.38 bits per heavy atom. The van der Waals surface area contributed by atoms with Gasteiger partial charge in [0, 0.05) is 5.75 Å². The Bertz CT molecular complexity index is 630. The molecule has 0 aromatic heterocycles. The normalized spacial score (nSPS) is 17.0. The van der Waals surface area contributed by atoms with Gasteiger partial charge in [-0.15, -0.1) is 0 Å². The fourth-order valence-corrected chi connectivity index (χ4v) is 2.26. The van der Waals surface area contributed by atoms with Crippen molar-refractivity contribution in [2.45, 2.75) is 56.6 Å². The molecule has 0 saturated carbocycles. The summed E-state index contributed by atoms with van der Waals surface area (Å²) in [7, 11) is 0. The number of nitrogens with two attached hydrogens (primary N) is 2. The van der Waals surface area contributed by atoms with Crippen molar-refractivity contribution in [3.63, 3.8) is 0 Å². The van der Waals surface area contributed by atoms with Crippen LogP contribution in [-0.4, -0.2) is 87.0 Å². The molecule has 0 bridgehead atoms. The summed E-state index contributed by atoms with van der Waals surface area (Å²) in [5.41, 5.74) is 10.5. The molecule has 4 amide bonds. The van der Waals surface area contributed by atoms with Gasteiger partial charge in [0.15, 0.2) is 6.04 Å². The Morgan fingerprint density at radius 3 is 1.76 bits per heavy atom. The van der Waals surface area contributed by atoms with E-state index in [0.29, 0.717) is 0 Å². The molecule has 29 heavy (non-hydrogen) atoms. The molecule has 0 heterocycles. The molecule has 0 aromatic rings. The van der Waals surface area contributed by atoms with Crippen LogP contribution in [0.2, 0.25) is 0 Å². The highest BCUT2D eigenvalue weighted by Gasteiger charge is 2.32. The van der Waals surface area contributed by atoms with Gasteiger partial charge in [-0.05, 0) is 13.8 Å². The van der Waals surface area contributed by atoms with E-state index in [9.17, 15) is 34.2 Å². The summed E-state index contributed by atoms with van der Waals surface area (Å²) in [6.07, 6.45) is -3.29. The van der Waals surface area contributed by atoms with Crippen LogP contribution in [0.4, 0.5) is 0 Å². The lowest BCUT2D eigenvalue weighted by molar-refractivity contribution is -0.145. The van der Waals surface area contributed by atoms with E-state index in [1.54, 1.807) is 0 Å². The lowest BCUT2D eigenvalue weighted by Gasteiger charge is -2.25. The van der Waals surface area contributed by atoms with E-state index >= 15 is 0 Å². The lowest BCUT2D eigenvalue weighted by atomic mass is 10.1. The van der Waals surface area contributed by atoms with E-state index < -0.39 is 72.4 Å². The monoisotopic (exact) mass is 437 g/mol. The van der Waals surface area contributed by atoms with Crippen molar-refractivity contribution in [3.05, 3.63) is 0 Å². The quantitative estimate of drug-likeness (QED) is 0.133. The highest BCUT2D eigenvalue weighted by Crippen LogP contribution is 2.00. The van der Waals surface area contributed by atoms with E-state index in [4.69, 9.17) is 16.6 Å². The molecule has 14 heteroatoms. The number of carbonyl (C=O) groups excluding carboxylic acids is 4. The molecule has 0 aromatic carbocycles. The summed E-state index contributed by atoms with van der Waals surface area (Å²) < 4.78 is 0. The van der Waals surface area contributed by atoms with Gasteiger partial charge >= 0.3 is 5.97 Å². The second kappa shape index (κ2) is 12.2. The Hall–Kier alpha value is -2.42. The molecule has 0 aliphatic heterocycles. The Kier molecular flexibility index (Phi) is 11.2. The van der Waals surface area contributed by atoms with Gasteiger partial charge in [0.25, 0.3) is 0 Å². The molecule has 6 atom stereocenters. The predicted molar refractivity (Wildman–Crippen MR) is 102 cm³/mol. The molecule has 6 unspecified atom stereocenters. The Morgan fingerprint density at radius 1 is 0.897 bits per heavy atom. The number of nitrogens with one attached hydrogen (secondary N) is 3. The molecule has 0 rings (SSSR count). The number of carbonyl (C=O) groups is 5. The van der Waals surface area contributed by atoms with Crippen molar-refractivity contribution < 1.29 is 39.3 Å². The summed E-state index contributed by atoms with van der Waals surface area (Å²) in [6, 6.07) is -5.88. The van der Waals surface area contributed by atoms with Gasteiger partial charge < -0.3 is 42.7 Å².